The highest BCUT2D eigenvalue weighted by Gasteiger charge is 2.17. The molecule has 45 heavy (non-hydrogen) atoms. The van der Waals surface area contributed by atoms with Crippen LogP contribution in [0.15, 0.2) is 164 Å². The number of fused-ring (bicyclic) bond motifs is 3. The Labute approximate surface area is 262 Å². The number of aryl methyl sites for hydroxylation is 1. The molecule has 0 amide bonds. The highest BCUT2D eigenvalue weighted by molar-refractivity contribution is 6.10. The van der Waals surface area contributed by atoms with Gasteiger partial charge in [-0.05, 0) is 96.4 Å². The summed E-state index contributed by atoms with van der Waals surface area (Å²) in [6.45, 7) is 2.15. The normalized spacial score (nSPS) is 11.2. The molecule has 6 aromatic carbocycles. The molecule has 0 aliphatic heterocycles. The third-order valence-corrected chi connectivity index (χ3v) is 8.43. The number of hydrogen-bond donors (Lipinski definition) is 0. The summed E-state index contributed by atoms with van der Waals surface area (Å²) in [6.07, 6.45) is 3.56. The van der Waals surface area contributed by atoms with Crippen LogP contribution in [-0.2, 0) is 0 Å². The quantitative estimate of drug-likeness (QED) is 0.197. The van der Waals surface area contributed by atoms with Gasteiger partial charge in [0.1, 0.15) is 0 Å². The minimum Gasteiger partial charge on any atom is -0.310 e. The fourth-order valence-electron chi connectivity index (χ4n) is 6.34. The number of anilines is 3. The minimum atomic E-state index is 0.743. The minimum absolute atomic E-state index is 0.743. The van der Waals surface area contributed by atoms with Crippen LogP contribution >= 0.6 is 0 Å². The number of aromatic nitrogens is 3. The van der Waals surface area contributed by atoms with Crippen LogP contribution in [0.1, 0.15) is 5.56 Å². The van der Waals surface area contributed by atoms with E-state index in [1.165, 1.54) is 38.5 Å². The van der Waals surface area contributed by atoms with E-state index >= 15 is 0 Å². The average Bonchev–Trinajstić information content (AvgIpc) is 3.44. The molecule has 0 aliphatic carbocycles. The van der Waals surface area contributed by atoms with E-state index in [9.17, 15) is 0 Å². The average molecular weight is 579 g/mol. The van der Waals surface area contributed by atoms with Crippen molar-refractivity contribution in [2.45, 2.75) is 6.92 Å². The van der Waals surface area contributed by atoms with Gasteiger partial charge in [0, 0.05) is 51.5 Å². The van der Waals surface area contributed by atoms with Crippen LogP contribution in [0.3, 0.4) is 0 Å². The predicted molar refractivity (Wildman–Crippen MR) is 187 cm³/mol. The van der Waals surface area contributed by atoms with Crippen LogP contribution in [0.2, 0.25) is 0 Å². The summed E-state index contributed by atoms with van der Waals surface area (Å²) < 4.78 is 2.37. The molecule has 0 bridgehead atoms. The van der Waals surface area contributed by atoms with E-state index in [1.807, 2.05) is 6.07 Å². The van der Waals surface area contributed by atoms with Gasteiger partial charge in [-0.25, -0.2) is 9.97 Å². The van der Waals surface area contributed by atoms with Crippen LogP contribution in [0.25, 0.3) is 50.0 Å². The summed E-state index contributed by atoms with van der Waals surface area (Å²) in [6, 6.07) is 53.8. The van der Waals surface area contributed by atoms with E-state index in [2.05, 4.69) is 172 Å². The smallest absolute Gasteiger partial charge is 0.159 e. The van der Waals surface area contributed by atoms with E-state index in [1.54, 1.807) is 12.4 Å². The summed E-state index contributed by atoms with van der Waals surface area (Å²) in [5.74, 6) is 0.743. The van der Waals surface area contributed by atoms with Gasteiger partial charge in [0.15, 0.2) is 5.82 Å². The number of para-hydroxylation sites is 3. The topological polar surface area (TPSA) is 34.0 Å². The molecule has 0 saturated heterocycles. The second-order valence-electron chi connectivity index (χ2n) is 11.2. The van der Waals surface area contributed by atoms with Crippen molar-refractivity contribution in [3.8, 4) is 28.2 Å². The van der Waals surface area contributed by atoms with Crippen LogP contribution < -0.4 is 4.90 Å². The maximum Gasteiger partial charge on any atom is 0.159 e. The molecule has 4 nitrogen and oxygen atoms in total. The zero-order chi connectivity index (χ0) is 30.2. The number of hydrogen-bond acceptors (Lipinski definition) is 3. The van der Waals surface area contributed by atoms with Gasteiger partial charge >= 0.3 is 0 Å². The van der Waals surface area contributed by atoms with Gasteiger partial charge in [-0.2, -0.15) is 0 Å². The Kier molecular flexibility index (Phi) is 6.65. The first kappa shape index (κ1) is 26.6. The third-order valence-electron chi connectivity index (χ3n) is 8.43. The Morgan fingerprint density at radius 3 is 1.80 bits per heavy atom. The van der Waals surface area contributed by atoms with Crippen LogP contribution in [0, 0.1) is 6.92 Å². The number of nitrogens with zero attached hydrogens (tertiary/aromatic N) is 4. The molecule has 0 N–H and O–H groups in total. The molecule has 0 atom stereocenters. The second kappa shape index (κ2) is 11.3. The maximum atomic E-state index is 4.41. The summed E-state index contributed by atoms with van der Waals surface area (Å²) in [7, 11) is 0. The molecule has 214 valence electrons. The van der Waals surface area contributed by atoms with Crippen molar-refractivity contribution in [3.63, 3.8) is 0 Å². The first-order valence-electron chi connectivity index (χ1n) is 15.2. The Bertz CT molecular complexity index is 2220. The lowest BCUT2D eigenvalue weighted by molar-refractivity contribution is 1.17. The molecule has 0 aliphatic rings. The molecular weight excluding hydrogens is 548 g/mol. The van der Waals surface area contributed by atoms with Crippen molar-refractivity contribution in [1.82, 2.24) is 14.5 Å². The molecule has 2 heterocycles. The standard InChI is InChI=1S/C41H30N4/c1-29-27-31(41-42-25-10-26-43-41)19-23-36(29)30-17-20-34(21-18-30)45-39-16-9-8-15-37(39)38-28-35(22-24-40(38)45)44(32-11-4-2-5-12-32)33-13-6-3-7-14-33/h2-28H,1H3. The van der Waals surface area contributed by atoms with E-state index in [0.717, 1.165) is 34.1 Å². The van der Waals surface area contributed by atoms with Gasteiger partial charge in [0.25, 0.3) is 0 Å². The van der Waals surface area contributed by atoms with Crippen molar-refractivity contribution in [1.29, 1.82) is 0 Å². The Hall–Kier alpha value is -6.00. The highest BCUT2D eigenvalue weighted by Crippen LogP contribution is 2.39. The number of benzene rings is 6. The molecule has 0 saturated carbocycles. The third kappa shape index (κ3) is 4.83. The van der Waals surface area contributed by atoms with Crippen molar-refractivity contribution in [3.05, 3.63) is 170 Å². The van der Waals surface area contributed by atoms with E-state index in [0.29, 0.717) is 0 Å². The highest BCUT2D eigenvalue weighted by atomic mass is 15.1. The van der Waals surface area contributed by atoms with Gasteiger partial charge in [-0.3, -0.25) is 0 Å². The van der Waals surface area contributed by atoms with Gasteiger partial charge < -0.3 is 9.47 Å². The van der Waals surface area contributed by atoms with Crippen molar-refractivity contribution in [2.24, 2.45) is 0 Å². The first-order valence-corrected chi connectivity index (χ1v) is 15.2. The fraction of sp³-hybridized carbons (Fsp3) is 0.0244. The van der Waals surface area contributed by atoms with E-state index in [-0.39, 0.29) is 0 Å². The fourth-order valence-corrected chi connectivity index (χ4v) is 6.34. The van der Waals surface area contributed by atoms with Crippen LogP contribution in [0.4, 0.5) is 17.1 Å². The van der Waals surface area contributed by atoms with E-state index in [4.69, 9.17) is 0 Å². The van der Waals surface area contributed by atoms with Crippen molar-refractivity contribution in [2.75, 3.05) is 4.90 Å². The lowest BCUT2D eigenvalue weighted by Crippen LogP contribution is -2.09. The second-order valence-corrected chi connectivity index (χ2v) is 11.2. The van der Waals surface area contributed by atoms with Crippen molar-refractivity contribution >= 4 is 38.9 Å². The lowest BCUT2D eigenvalue weighted by atomic mass is 9.98. The Morgan fingerprint density at radius 1 is 0.489 bits per heavy atom. The Morgan fingerprint density at radius 2 is 1.11 bits per heavy atom. The van der Waals surface area contributed by atoms with E-state index < -0.39 is 0 Å². The molecular formula is C41H30N4. The van der Waals surface area contributed by atoms with Crippen LogP contribution in [-0.4, -0.2) is 14.5 Å². The zero-order valence-electron chi connectivity index (χ0n) is 24.9. The lowest BCUT2D eigenvalue weighted by Gasteiger charge is -2.25. The van der Waals surface area contributed by atoms with Gasteiger partial charge in [0.05, 0.1) is 11.0 Å². The SMILES string of the molecule is Cc1cc(-c2ncccn2)ccc1-c1ccc(-n2c3ccccc3c3cc(N(c4ccccc4)c4ccccc4)ccc32)cc1. The number of rotatable bonds is 6. The molecule has 2 aromatic heterocycles. The molecule has 8 aromatic rings. The molecule has 0 spiro atoms. The van der Waals surface area contributed by atoms with Crippen molar-refractivity contribution < 1.29 is 0 Å². The molecule has 0 fully saturated rings. The molecule has 8 rings (SSSR count). The summed E-state index contributed by atoms with van der Waals surface area (Å²) in [5.41, 5.74) is 11.5. The predicted octanol–water partition coefficient (Wildman–Crippen LogP) is 10.7. The van der Waals surface area contributed by atoms with Crippen LogP contribution in [0.5, 0.6) is 0 Å². The summed E-state index contributed by atoms with van der Waals surface area (Å²) in [4.78, 5) is 11.1. The summed E-state index contributed by atoms with van der Waals surface area (Å²) >= 11 is 0. The monoisotopic (exact) mass is 578 g/mol. The molecule has 0 radical (unpaired) electrons. The Balaban J connectivity index is 1.21. The van der Waals surface area contributed by atoms with Gasteiger partial charge in [0.2, 0.25) is 0 Å². The molecule has 4 heteroatoms. The first-order chi connectivity index (χ1) is 22.2. The molecule has 0 unspecified atom stereocenters. The zero-order valence-corrected chi connectivity index (χ0v) is 24.9. The van der Waals surface area contributed by atoms with Gasteiger partial charge in [-0.1, -0.05) is 78.9 Å². The maximum absolute atomic E-state index is 4.41. The largest absolute Gasteiger partial charge is 0.310 e. The summed E-state index contributed by atoms with van der Waals surface area (Å²) in [5, 5.41) is 2.45. The van der Waals surface area contributed by atoms with Gasteiger partial charge in [-0.15, -0.1) is 0 Å².